The second-order valence-electron chi connectivity index (χ2n) is 5.61. The van der Waals surface area contributed by atoms with E-state index >= 15 is 0 Å². The van der Waals surface area contributed by atoms with Crippen LogP contribution in [0.3, 0.4) is 0 Å². The molecule has 7 nitrogen and oxygen atoms in total. The molecule has 0 aliphatic rings. The van der Waals surface area contributed by atoms with E-state index < -0.39 is 15.8 Å². The molecule has 3 rings (SSSR count). The van der Waals surface area contributed by atoms with Crippen LogP contribution < -0.4 is 0 Å². The smallest absolute Gasteiger partial charge is 0.358 e. The number of nitrogens with zero attached hydrogens (tertiary/aromatic N) is 2. The van der Waals surface area contributed by atoms with Gasteiger partial charge < -0.3 is 5.11 Å². The van der Waals surface area contributed by atoms with Crippen molar-refractivity contribution >= 4 is 28.0 Å². The zero-order valence-electron chi connectivity index (χ0n) is 13.7. The summed E-state index contributed by atoms with van der Waals surface area (Å²) in [6.07, 6.45) is 4.48. The number of carbonyl (C=O) groups is 1. The molecule has 0 atom stereocenters. The van der Waals surface area contributed by atoms with Crippen LogP contribution in [0.1, 0.15) is 21.7 Å². The molecule has 0 aliphatic carbocycles. The lowest BCUT2D eigenvalue weighted by molar-refractivity contribution is 0.0690. The molecule has 0 spiro atoms. The van der Waals surface area contributed by atoms with Crippen LogP contribution in [0, 0.1) is 0 Å². The van der Waals surface area contributed by atoms with Crippen molar-refractivity contribution in [1.82, 2.24) is 15.4 Å². The Hall–Kier alpha value is -3.26. The van der Waals surface area contributed by atoms with Crippen LogP contribution in [-0.2, 0) is 9.84 Å². The molecule has 0 amide bonds. The molecule has 2 aromatic carbocycles. The van der Waals surface area contributed by atoms with E-state index in [4.69, 9.17) is 5.11 Å². The van der Waals surface area contributed by atoms with E-state index in [1.54, 1.807) is 36.4 Å². The van der Waals surface area contributed by atoms with Crippen LogP contribution in [0.2, 0.25) is 0 Å². The van der Waals surface area contributed by atoms with Crippen LogP contribution in [0.25, 0.3) is 23.3 Å². The standard InChI is InChI=1S/C18H15N3O4S/c1-26(24,25)15-9-7-14(8-10-15)13-5-2-12(3-6-13)4-11-16-17(18(22)23)20-21-19-16/h2-11H,1H3,(H,22,23)(H,19,20,21)/b11-4+. The fraction of sp³-hybridized carbons (Fsp3) is 0.0556. The van der Waals surface area contributed by atoms with Gasteiger partial charge in [0.25, 0.3) is 0 Å². The van der Waals surface area contributed by atoms with Crippen LogP contribution in [0.4, 0.5) is 0 Å². The van der Waals surface area contributed by atoms with Gasteiger partial charge in [-0.15, -0.1) is 5.10 Å². The molecule has 0 aliphatic heterocycles. The van der Waals surface area contributed by atoms with Crippen molar-refractivity contribution in [2.75, 3.05) is 6.26 Å². The Morgan fingerprint density at radius 3 is 2.08 bits per heavy atom. The lowest BCUT2D eigenvalue weighted by Crippen LogP contribution is -1.98. The van der Waals surface area contributed by atoms with Crippen LogP contribution in [0.15, 0.2) is 53.4 Å². The average Bonchev–Trinajstić information content (AvgIpc) is 3.09. The van der Waals surface area contributed by atoms with Gasteiger partial charge in [-0.3, -0.25) is 0 Å². The summed E-state index contributed by atoms with van der Waals surface area (Å²) in [5.74, 6) is -1.15. The molecule has 0 radical (unpaired) electrons. The normalized spacial score (nSPS) is 11.7. The first-order valence-corrected chi connectivity index (χ1v) is 9.46. The Bertz CT molecular complexity index is 1070. The second-order valence-corrected chi connectivity index (χ2v) is 7.63. The number of aromatic amines is 1. The third-order valence-electron chi connectivity index (χ3n) is 3.74. The Morgan fingerprint density at radius 2 is 1.54 bits per heavy atom. The third kappa shape index (κ3) is 3.86. The van der Waals surface area contributed by atoms with Gasteiger partial charge in [0.1, 0.15) is 5.69 Å². The van der Waals surface area contributed by atoms with E-state index in [-0.39, 0.29) is 16.3 Å². The Kier molecular flexibility index (Phi) is 4.68. The van der Waals surface area contributed by atoms with Gasteiger partial charge in [-0.25, -0.2) is 13.2 Å². The minimum Gasteiger partial charge on any atom is -0.476 e. The average molecular weight is 369 g/mol. The molecule has 0 saturated heterocycles. The zero-order valence-corrected chi connectivity index (χ0v) is 14.6. The highest BCUT2D eigenvalue weighted by Gasteiger charge is 2.12. The Labute approximate surface area is 149 Å². The van der Waals surface area contributed by atoms with Crippen molar-refractivity contribution in [1.29, 1.82) is 0 Å². The fourth-order valence-corrected chi connectivity index (χ4v) is 3.00. The summed E-state index contributed by atoms with van der Waals surface area (Å²) >= 11 is 0. The summed E-state index contributed by atoms with van der Waals surface area (Å²) in [7, 11) is -3.21. The maximum atomic E-state index is 11.5. The number of H-pyrrole nitrogens is 1. The molecule has 132 valence electrons. The van der Waals surface area contributed by atoms with Crippen molar-refractivity contribution < 1.29 is 18.3 Å². The highest BCUT2D eigenvalue weighted by molar-refractivity contribution is 7.90. The predicted octanol–water partition coefficient (Wildman–Crippen LogP) is 2.74. The van der Waals surface area contributed by atoms with Crippen molar-refractivity contribution in [2.45, 2.75) is 4.90 Å². The van der Waals surface area contributed by atoms with Gasteiger partial charge in [-0.1, -0.05) is 42.5 Å². The predicted molar refractivity (Wildman–Crippen MR) is 97.3 cm³/mol. The lowest BCUT2D eigenvalue weighted by atomic mass is 10.0. The summed E-state index contributed by atoms with van der Waals surface area (Å²) in [5, 5.41) is 18.6. The van der Waals surface area contributed by atoms with Crippen LogP contribution in [0.5, 0.6) is 0 Å². The molecule has 26 heavy (non-hydrogen) atoms. The maximum Gasteiger partial charge on any atom is 0.358 e. The molecule has 0 saturated carbocycles. The summed E-state index contributed by atoms with van der Waals surface area (Å²) in [6.45, 7) is 0. The maximum absolute atomic E-state index is 11.5. The number of benzene rings is 2. The summed E-state index contributed by atoms with van der Waals surface area (Å²) < 4.78 is 23.0. The third-order valence-corrected chi connectivity index (χ3v) is 4.87. The van der Waals surface area contributed by atoms with Gasteiger partial charge >= 0.3 is 5.97 Å². The van der Waals surface area contributed by atoms with E-state index in [0.717, 1.165) is 16.7 Å². The second kappa shape index (κ2) is 6.93. The van der Waals surface area contributed by atoms with Gasteiger partial charge in [0.15, 0.2) is 15.5 Å². The molecule has 1 aromatic heterocycles. The van der Waals surface area contributed by atoms with Crippen molar-refractivity contribution in [2.24, 2.45) is 0 Å². The Balaban J connectivity index is 1.79. The van der Waals surface area contributed by atoms with E-state index in [9.17, 15) is 13.2 Å². The molecule has 8 heteroatoms. The lowest BCUT2D eigenvalue weighted by Gasteiger charge is -2.04. The molecule has 0 unspecified atom stereocenters. The highest BCUT2D eigenvalue weighted by atomic mass is 32.2. The number of hydrogen-bond acceptors (Lipinski definition) is 5. The molecular formula is C18H15N3O4S. The number of aromatic nitrogens is 3. The van der Waals surface area contributed by atoms with Crippen molar-refractivity contribution in [3.63, 3.8) is 0 Å². The summed E-state index contributed by atoms with van der Waals surface area (Å²) in [4.78, 5) is 11.3. The van der Waals surface area contributed by atoms with Crippen molar-refractivity contribution in [3.05, 3.63) is 65.5 Å². The molecule has 2 N–H and O–H groups in total. The van der Waals surface area contributed by atoms with E-state index in [1.165, 1.54) is 6.26 Å². The number of carboxylic acid groups (broad SMARTS) is 1. The summed E-state index contributed by atoms with van der Waals surface area (Å²) in [6, 6.07) is 14.2. The molecule has 1 heterocycles. The molecule has 3 aromatic rings. The van der Waals surface area contributed by atoms with Gasteiger partial charge in [0.05, 0.1) is 4.90 Å². The number of sulfone groups is 1. The zero-order chi connectivity index (χ0) is 18.7. The van der Waals surface area contributed by atoms with Gasteiger partial charge in [0.2, 0.25) is 0 Å². The topological polar surface area (TPSA) is 113 Å². The number of nitrogens with one attached hydrogen (secondary N) is 1. The van der Waals surface area contributed by atoms with E-state index in [1.807, 2.05) is 24.3 Å². The number of hydrogen-bond donors (Lipinski definition) is 2. The number of rotatable bonds is 5. The van der Waals surface area contributed by atoms with Crippen molar-refractivity contribution in [3.8, 4) is 11.1 Å². The molecular weight excluding hydrogens is 354 g/mol. The first-order valence-electron chi connectivity index (χ1n) is 7.57. The largest absolute Gasteiger partial charge is 0.476 e. The first-order chi connectivity index (χ1) is 12.3. The van der Waals surface area contributed by atoms with Crippen LogP contribution in [-0.4, -0.2) is 41.2 Å². The molecule has 0 fully saturated rings. The minimum atomic E-state index is -3.21. The number of carboxylic acids is 1. The summed E-state index contributed by atoms with van der Waals surface area (Å²) in [5.41, 5.74) is 2.81. The van der Waals surface area contributed by atoms with Gasteiger partial charge in [0, 0.05) is 6.26 Å². The fourth-order valence-electron chi connectivity index (χ4n) is 2.37. The van der Waals surface area contributed by atoms with Crippen LogP contribution >= 0.6 is 0 Å². The minimum absolute atomic E-state index is 0.135. The molecule has 0 bridgehead atoms. The monoisotopic (exact) mass is 369 g/mol. The van der Waals surface area contributed by atoms with Gasteiger partial charge in [-0.05, 0) is 34.9 Å². The van der Waals surface area contributed by atoms with E-state index in [0.29, 0.717) is 0 Å². The van der Waals surface area contributed by atoms with E-state index in [2.05, 4.69) is 15.4 Å². The number of aromatic carboxylic acids is 1. The first kappa shape index (κ1) is 17.6. The Morgan fingerprint density at radius 1 is 0.962 bits per heavy atom. The quantitative estimate of drug-likeness (QED) is 0.715. The van der Waals surface area contributed by atoms with Gasteiger partial charge in [-0.2, -0.15) is 10.3 Å². The SMILES string of the molecule is CS(=O)(=O)c1ccc(-c2ccc(/C=C/c3n[nH]nc3C(=O)O)cc2)cc1. The highest BCUT2D eigenvalue weighted by Crippen LogP contribution is 2.22.